The average Bonchev–Trinajstić information content (AvgIpc) is 3.56. The molecule has 0 unspecified atom stereocenters. The third-order valence-electron chi connectivity index (χ3n) is 6.44. The van der Waals surface area contributed by atoms with E-state index in [2.05, 4.69) is 0 Å². The molecule has 1 amide bonds. The number of piperidine rings is 1. The number of amides is 1. The molecule has 194 valence electrons. The molecule has 0 aliphatic carbocycles. The van der Waals surface area contributed by atoms with Crippen molar-refractivity contribution < 1.29 is 26.4 Å². The molecule has 1 fully saturated rings. The molecule has 5 rings (SSSR count). The van der Waals surface area contributed by atoms with Gasteiger partial charge in [0.05, 0.1) is 23.0 Å². The molecule has 1 aliphatic heterocycles. The Balaban J connectivity index is 1.39. The van der Waals surface area contributed by atoms with Crippen molar-refractivity contribution in [3.05, 3.63) is 76.7 Å². The molecule has 12 heteroatoms. The van der Waals surface area contributed by atoms with E-state index < -0.39 is 32.5 Å². The number of aromatic nitrogens is 1. The fourth-order valence-corrected chi connectivity index (χ4v) is 7.11. The molecule has 0 radical (unpaired) electrons. The summed E-state index contributed by atoms with van der Waals surface area (Å²) >= 11 is 7.62. The van der Waals surface area contributed by atoms with E-state index in [4.69, 9.17) is 21.0 Å². The van der Waals surface area contributed by atoms with Crippen LogP contribution in [0.1, 0.15) is 24.2 Å². The molecule has 0 saturated carbocycles. The molecule has 0 bridgehead atoms. The molecule has 1 saturated heterocycles. The quantitative estimate of drug-likeness (QED) is 0.297. The van der Waals surface area contributed by atoms with E-state index >= 15 is 0 Å². The highest BCUT2D eigenvalue weighted by Gasteiger charge is 2.36. The Morgan fingerprint density at radius 2 is 1.97 bits per heavy atom. The Hall–Kier alpha value is -2.86. The highest BCUT2D eigenvalue weighted by molar-refractivity contribution is 7.89. The van der Waals surface area contributed by atoms with Gasteiger partial charge in [0.1, 0.15) is 22.3 Å². The zero-order valence-corrected chi connectivity index (χ0v) is 22.0. The summed E-state index contributed by atoms with van der Waals surface area (Å²) in [5.41, 5.74) is 1.53. The van der Waals surface area contributed by atoms with Gasteiger partial charge in [0.25, 0.3) is 0 Å². The van der Waals surface area contributed by atoms with Crippen molar-refractivity contribution in [2.45, 2.75) is 31.2 Å². The predicted octanol–water partition coefficient (Wildman–Crippen LogP) is 5.76. The molecule has 7 nitrogen and oxygen atoms in total. The van der Waals surface area contributed by atoms with E-state index in [9.17, 15) is 22.0 Å². The van der Waals surface area contributed by atoms with E-state index in [1.54, 1.807) is 23.1 Å². The predicted molar refractivity (Wildman–Crippen MR) is 137 cm³/mol. The Morgan fingerprint density at radius 3 is 2.68 bits per heavy atom. The van der Waals surface area contributed by atoms with Crippen LogP contribution in [-0.4, -0.2) is 36.7 Å². The van der Waals surface area contributed by atoms with E-state index in [0.29, 0.717) is 27.5 Å². The van der Waals surface area contributed by atoms with Crippen LogP contribution >= 0.6 is 22.9 Å². The maximum Gasteiger partial charge on any atom is 0.246 e. The lowest BCUT2D eigenvalue weighted by molar-refractivity contribution is -0.123. The number of sulfonamides is 1. The second kappa shape index (κ2) is 10.1. The van der Waals surface area contributed by atoms with Crippen molar-refractivity contribution in [3.63, 3.8) is 0 Å². The number of carbonyl (C=O) groups excluding carboxylic acids is 1. The highest BCUT2D eigenvalue weighted by Crippen LogP contribution is 2.36. The van der Waals surface area contributed by atoms with Crippen molar-refractivity contribution >= 4 is 54.2 Å². The van der Waals surface area contributed by atoms with Gasteiger partial charge in [-0.1, -0.05) is 22.9 Å². The van der Waals surface area contributed by atoms with Crippen LogP contribution in [-0.2, 0) is 21.4 Å². The Bertz CT molecular complexity index is 1570. The van der Waals surface area contributed by atoms with E-state index in [0.717, 1.165) is 26.7 Å². The van der Waals surface area contributed by atoms with Gasteiger partial charge in [-0.2, -0.15) is 4.31 Å². The minimum Gasteiger partial charge on any atom is -0.467 e. The molecule has 2 aromatic heterocycles. The van der Waals surface area contributed by atoms with Crippen molar-refractivity contribution in [1.29, 1.82) is 0 Å². The first-order valence-electron chi connectivity index (χ1n) is 11.5. The standard InChI is InChI=1S/C25H22ClF2N3O4S2/c1-15-19(26)5-7-21-23(15)29-25(36-21)31(14-18-3-2-12-35-18)24(32)16-8-10-30(11-9-16)37(33,34)22-13-17(27)4-6-20(22)28/h2-7,12-13,16H,8-11,14H2,1H3. The molecule has 37 heavy (non-hydrogen) atoms. The van der Waals surface area contributed by atoms with Crippen molar-refractivity contribution in [2.24, 2.45) is 5.92 Å². The van der Waals surface area contributed by atoms with Gasteiger partial charge in [-0.3, -0.25) is 9.69 Å². The lowest BCUT2D eigenvalue weighted by atomic mass is 9.96. The van der Waals surface area contributed by atoms with Crippen LogP contribution in [0, 0.1) is 24.5 Å². The van der Waals surface area contributed by atoms with E-state index in [1.165, 1.54) is 17.6 Å². The van der Waals surface area contributed by atoms with Gasteiger partial charge < -0.3 is 4.42 Å². The second-order valence-corrected chi connectivity index (χ2v) is 12.1. The van der Waals surface area contributed by atoms with Crippen molar-refractivity contribution in [2.75, 3.05) is 18.0 Å². The second-order valence-electron chi connectivity index (χ2n) is 8.77. The molecule has 0 N–H and O–H groups in total. The maximum absolute atomic E-state index is 14.2. The molecule has 3 heterocycles. The minimum absolute atomic E-state index is 0.00214. The van der Waals surface area contributed by atoms with Gasteiger partial charge in [-0.15, -0.1) is 0 Å². The zero-order chi connectivity index (χ0) is 26.3. The van der Waals surface area contributed by atoms with Crippen LogP contribution in [0.25, 0.3) is 10.2 Å². The van der Waals surface area contributed by atoms with Crippen LogP contribution in [0.4, 0.5) is 13.9 Å². The first-order valence-corrected chi connectivity index (χ1v) is 14.1. The van der Waals surface area contributed by atoms with Gasteiger partial charge in [-0.05, 0) is 67.8 Å². The first kappa shape index (κ1) is 25.8. The monoisotopic (exact) mass is 565 g/mol. The summed E-state index contributed by atoms with van der Waals surface area (Å²) in [6, 6.07) is 9.47. The SMILES string of the molecule is Cc1c(Cl)ccc2sc(N(Cc3ccco3)C(=O)C3CCN(S(=O)(=O)c4cc(F)ccc4F)CC3)nc12. The van der Waals surface area contributed by atoms with Crippen molar-refractivity contribution in [1.82, 2.24) is 9.29 Å². The largest absolute Gasteiger partial charge is 0.467 e. The summed E-state index contributed by atoms with van der Waals surface area (Å²) in [6.07, 6.45) is 1.97. The third-order valence-corrected chi connectivity index (χ3v) is 9.81. The minimum atomic E-state index is -4.25. The molecule has 0 spiro atoms. The Morgan fingerprint density at radius 1 is 1.22 bits per heavy atom. The topological polar surface area (TPSA) is 83.7 Å². The van der Waals surface area contributed by atoms with Crippen LogP contribution in [0.2, 0.25) is 5.02 Å². The average molecular weight is 566 g/mol. The zero-order valence-electron chi connectivity index (χ0n) is 19.7. The van der Waals surface area contributed by atoms with Crippen LogP contribution < -0.4 is 4.90 Å². The fourth-order valence-electron chi connectivity index (χ4n) is 4.38. The molecule has 2 aromatic carbocycles. The molecular weight excluding hydrogens is 544 g/mol. The highest BCUT2D eigenvalue weighted by atomic mass is 35.5. The van der Waals surface area contributed by atoms with E-state index in [-0.39, 0.29) is 38.4 Å². The van der Waals surface area contributed by atoms with Crippen LogP contribution in [0.5, 0.6) is 0 Å². The normalized spacial score (nSPS) is 15.4. The molecule has 1 aliphatic rings. The number of benzene rings is 2. The number of aryl methyl sites for hydroxylation is 1. The summed E-state index contributed by atoms with van der Waals surface area (Å²) in [5, 5.41) is 1.07. The summed E-state index contributed by atoms with van der Waals surface area (Å²) < 4.78 is 61.2. The molecule has 4 aromatic rings. The Kier molecular flexibility index (Phi) is 7.06. The number of anilines is 1. The number of hydrogen-bond acceptors (Lipinski definition) is 6. The number of furan rings is 1. The summed E-state index contributed by atoms with van der Waals surface area (Å²) in [4.78, 5) is 19.3. The van der Waals surface area contributed by atoms with Gasteiger partial charge in [0.2, 0.25) is 15.9 Å². The lowest BCUT2D eigenvalue weighted by Crippen LogP contribution is -2.44. The van der Waals surface area contributed by atoms with Gasteiger partial charge in [0, 0.05) is 24.0 Å². The number of nitrogens with zero attached hydrogens (tertiary/aromatic N) is 3. The Labute approximate surface area is 221 Å². The van der Waals surface area contributed by atoms with E-state index in [1.807, 2.05) is 13.0 Å². The first-order chi connectivity index (χ1) is 17.6. The summed E-state index contributed by atoms with van der Waals surface area (Å²) in [6.45, 7) is 2.02. The third kappa shape index (κ3) is 5.00. The lowest BCUT2D eigenvalue weighted by Gasteiger charge is -2.32. The fraction of sp³-hybridized carbons (Fsp3) is 0.280. The number of hydrogen-bond donors (Lipinski definition) is 0. The number of fused-ring (bicyclic) bond motifs is 1. The number of rotatable bonds is 6. The summed E-state index contributed by atoms with van der Waals surface area (Å²) in [7, 11) is -4.25. The maximum atomic E-state index is 14.2. The number of thiazole rings is 1. The van der Waals surface area contributed by atoms with Gasteiger partial charge in [-0.25, -0.2) is 22.2 Å². The smallest absolute Gasteiger partial charge is 0.246 e. The van der Waals surface area contributed by atoms with Crippen molar-refractivity contribution in [3.8, 4) is 0 Å². The molecule has 0 atom stereocenters. The van der Waals surface area contributed by atoms with Crippen LogP contribution in [0.15, 0.2) is 58.0 Å². The summed E-state index contributed by atoms with van der Waals surface area (Å²) in [5.74, 6) is -1.99. The number of carbonyl (C=O) groups is 1. The van der Waals surface area contributed by atoms with Gasteiger partial charge in [0.15, 0.2) is 5.13 Å². The number of halogens is 3. The molecular formula is C25H22ClF2N3O4S2. The van der Waals surface area contributed by atoms with Crippen LogP contribution in [0.3, 0.4) is 0 Å². The van der Waals surface area contributed by atoms with Gasteiger partial charge >= 0.3 is 0 Å².